The van der Waals surface area contributed by atoms with Gasteiger partial charge in [-0.2, -0.15) is 0 Å². The molecule has 1 saturated heterocycles. The van der Waals surface area contributed by atoms with E-state index in [4.69, 9.17) is 5.11 Å². The Kier molecular flexibility index (Phi) is 5.10. The third kappa shape index (κ3) is 3.88. The van der Waals surface area contributed by atoms with Gasteiger partial charge in [0.25, 0.3) is 0 Å². The zero-order chi connectivity index (χ0) is 13.7. The van der Waals surface area contributed by atoms with Gasteiger partial charge in [0.2, 0.25) is 0 Å². The minimum absolute atomic E-state index is 0.177. The lowest BCUT2D eigenvalue weighted by atomic mass is 10.0. The molecule has 1 fully saturated rings. The van der Waals surface area contributed by atoms with Crippen LogP contribution in [-0.4, -0.2) is 37.4 Å². The van der Waals surface area contributed by atoms with Crippen LogP contribution < -0.4 is 10.2 Å². The van der Waals surface area contributed by atoms with E-state index in [-0.39, 0.29) is 6.61 Å². The average Bonchev–Trinajstić information content (AvgIpc) is 2.39. The highest BCUT2D eigenvalue weighted by molar-refractivity contribution is 5.48. The number of hydrogen-bond acceptors (Lipinski definition) is 3. The molecule has 0 saturated carbocycles. The summed E-state index contributed by atoms with van der Waals surface area (Å²) in [5.74, 6) is -1.05. The smallest absolute Gasteiger partial charge is 0.149 e. The summed E-state index contributed by atoms with van der Waals surface area (Å²) in [6.45, 7) is 2.45. The molecule has 106 valence electrons. The Balaban J connectivity index is 1.96. The summed E-state index contributed by atoms with van der Waals surface area (Å²) in [6.07, 6.45) is 2.75. The third-order valence-electron chi connectivity index (χ3n) is 3.44. The summed E-state index contributed by atoms with van der Waals surface area (Å²) < 4.78 is 26.6. The average molecular weight is 270 g/mol. The predicted octanol–water partition coefficient (Wildman–Crippen LogP) is 1.91. The Morgan fingerprint density at radius 2 is 2.21 bits per heavy atom. The highest BCUT2D eigenvalue weighted by atomic mass is 19.1. The third-order valence-corrected chi connectivity index (χ3v) is 3.44. The van der Waals surface area contributed by atoms with E-state index in [1.807, 2.05) is 4.90 Å². The van der Waals surface area contributed by atoms with Crippen LogP contribution in [-0.2, 0) is 0 Å². The summed E-state index contributed by atoms with van der Waals surface area (Å²) in [7, 11) is 0. The van der Waals surface area contributed by atoms with Crippen molar-refractivity contribution in [3.8, 4) is 0 Å². The zero-order valence-electron chi connectivity index (χ0n) is 10.9. The molecule has 3 nitrogen and oxygen atoms in total. The summed E-state index contributed by atoms with van der Waals surface area (Å²) in [4.78, 5) is 1.95. The number of hydrogen-bond donors (Lipinski definition) is 2. The van der Waals surface area contributed by atoms with Crippen LogP contribution in [0.2, 0.25) is 0 Å². The first kappa shape index (κ1) is 14.2. The van der Waals surface area contributed by atoms with Crippen LogP contribution in [0.15, 0.2) is 18.2 Å². The quantitative estimate of drug-likeness (QED) is 0.802. The molecule has 2 N–H and O–H groups in total. The summed E-state index contributed by atoms with van der Waals surface area (Å²) in [5, 5.41) is 12.1. The van der Waals surface area contributed by atoms with Crippen LogP contribution in [0, 0.1) is 11.6 Å². The fraction of sp³-hybridized carbons (Fsp3) is 0.571. The number of nitrogens with zero attached hydrogens (tertiary/aromatic N) is 1. The van der Waals surface area contributed by atoms with E-state index in [9.17, 15) is 8.78 Å². The number of piperidine rings is 1. The molecule has 19 heavy (non-hydrogen) atoms. The Morgan fingerprint density at radius 1 is 1.37 bits per heavy atom. The predicted molar refractivity (Wildman–Crippen MR) is 71.3 cm³/mol. The second kappa shape index (κ2) is 6.82. The molecule has 0 radical (unpaired) electrons. The van der Waals surface area contributed by atoms with Crippen molar-refractivity contribution in [3.05, 3.63) is 29.8 Å². The van der Waals surface area contributed by atoms with Gasteiger partial charge in [-0.15, -0.1) is 0 Å². The first-order chi connectivity index (χ1) is 9.20. The summed E-state index contributed by atoms with van der Waals surface area (Å²) in [5.41, 5.74) is 0.468. The molecule has 2 rings (SSSR count). The largest absolute Gasteiger partial charge is 0.396 e. The van der Waals surface area contributed by atoms with Gasteiger partial charge in [-0.1, -0.05) is 0 Å². The number of rotatable bonds is 5. The van der Waals surface area contributed by atoms with Crippen LogP contribution in [0.4, 0.5) is 14.5 Å². The molecular weight excluding hydrogens is 250 g/mol. The number of benzene rings is 1. The molecule has 1 aliphatic heterocycles. The summed E-state index contributed by atoms with van der Waals surface area (Å²) in [6, 6.07) is 4.02. The molecule has 0 spiro atoms. The van der Waals surface area contributed by atoms with Gasteiger partial charge in [0.15, 0.2) is 0 Å². The number of aliphatic hydroxyl groups is 1. The fourth-order valence-corrected chi connectivity index (χ4v) is 2.49. The van der Waals surface area contributed by atoms with Crippen LogP contribution in [0.5, 0.6) is 0 Å². The van der Waals surface area contributed by atoms with Gasteiger partial charge < -0.3 is 15.3 Å². The van der Waals surface area contributed by atoms with E-state index in [2.05, 4.69) is 5.32 Å². The number of nitrogens with one attached hydrogen (secondary N) is 1. The van der Waals surface area contributed by atoms with Crippen molar-refractivity contribution in [2.45, 2.75) is 25.3 Å². The van der Waals surface area contributed by atoms with E-state index in [0.29, 0.717) is 18.3 Å². The molecule has 5 heteroatoms. The Labute approximate surface area is 112 Å². The topological polar surface area (TPSA) is 35.5 Å². The van der Waals surface area contributed by atoms with Gasteiger partial charge in [0.05, 0.1) is 5.69 Å². The van der Waals surface area contributed by atoms with Crippen LogP contribution in [0.3, 0.4) is 0 Å². The Morgan fingerprint density at radius 3 is 2.95 bits per heavy atom. The SMILES string of the molecule is OCCCNC1CCCN(c2ccc(F)cc2F)C1. The second-order valence-corrected chi connectivity index (χ2v) is 4.91. The maximum absolute atomic E-state index is 13.7. The van der Waals surface area contributed by atoms with Crippen LogP contribution in [0.25, 0.3) is 0 Å². The van der Waals surface area contributed by atoms with Crippen molar-refractivity contribution in [2.75, 3.05) is 31.1 Å². The molecule has 0 bridgehead atoms. The van der Waals surface area contributed by atoms with E-state index < -0.39 is 11.6 Å². The van der Waals surface area contributed by atoms with Gasteiger partial charge in [0.1, 0.15) is 11.6 Å². The van der Waals surface area contributed by atoms with Crippen molar-refractivity contribution in [2.24, 2.45) is 0 Å². The number of anilines is 1. The lowest BCUT2D eigenvalue weighted by Gasteiger charge is -2.35. The Hall–Kier alpha value is -1.20. The van der Waals surface area contributed by atoms with Gasteiger partial charge in [-0.25, -0.2) is 8.78 Å². The molecule has 0 amide bonds. The van der Waals surface area contributed by atoms with Crippen LogP contribution >= 0.6 is 0 Å². The minimum Gasteiger partial charge on any atom is -0.396 e. The molecular formula is C14H20F2N2O. The molecule has 0 aromatic heterocycles. The van der Waals surface area contributed by atoms with Crippen molar-refractivity contribution in [1.82, 2.24) is 5.32 Å². The molecule has 1 heterocycles. The van der Waals surface area contributed by atoms with Crippen molar-refractivity contribution in [1.29, 1.82) is 0 Å². The molecule has 0 aliphatic carbocycles. The lowest BCUT2D eigenvalue weighted by molar-refractivity contribution is 0.280. The highest BCUT2D eigenvalue weighted by Gasteiger charge is 2.21. The monoisotopic (exact) mass is 270 g/mol. The Bertz CT molecular complexity index is 414. The lowest BCUT2D eigenvalue weighted by Crippen LogP contribution is -2.46. The van der Waals surface area contributed by atoms with Crippen LogP contribution in [0.1, 0.15) is 19.3 Å². The summed E-state index contributed by atoms with van der Waals surface area (Å²) >= 11 is 0. The number of aliphatic hydroxyl groups excluding tert-OH is 1. The standard InChI is InChI=1S/C14H20F2N2O/c15-11-4-5-14(13(16)9-11)18-7-1-3-12(10-18)17-6-2-8-19/h4-5,9,12,17,19H,1-3,6-8,10H2. The highest BCUT2D eigenvalue weighted by Crippen LogP contribution is 2.23. The molecule has 1 aliphatic rings. The molecule has 1 unspecified atom stereocenters. The van der Waals surface area contributed by atoms with Crippen molar-refractivity contribution >= 4 is 5.69 Å². The van der Waals surface area contributed by atoms with E-state index in [0.717, 1.165) is 38.4 Å². The van der Waals surface area contributed by atoms with Gasteiger partial charge in [0, 0.05) is 31.8 Å². The molecule has 1 aromatic rings. The molecule has 1 atom stereocenters. The minimum atomic E-state index is -0.545. The molecule has 1 aromatic carbocycles. The van der Waals surface area contributed by atoms with Gasteiger partial charge >= 0.3 is 0 Å². The van der Waals surface area contributed by atoms with Gasteiger partial charge in [-0.05, 0) is 37.9 Å². The second-order valence-electron chi connectivity index (χ2n) is 4.91. The van der Waals surface area contributed by atoms with Gasteiger partial charge in [-0.3, -0.25) is 0 Å². The first-order valence-corrected chi connectivity index (χ1v) is 6.75. The van der Waals surface area contributed by atoms with E-state index in [1.54, 1.807) is 0 Å². The fourth-order valence-electron chi connectivity index (χ4n) is 2.49. The first-order valence-electron chi connectivity index (χ1n) is 6.75. The van der Waals surface area contributed by atoms with Crippen molar-refractivity contribution in [3.63, 3.8) is 0 Å². The maximum atomic E-state index is 13.7. The van der Waals surface area contributed by atoms with E-state index >= 15 is 0 Å². The normalized spacial score (nSPS) is 19.7. The number of halogens is 2. The van der Waals surface area contributed by atoms with E-state index in [1.165, 1.54) is 12.1 Å². The van der Waals surface area contributed by atoms with Crippen molar-refractivity contribution < 1.29 is 13.9 Å². The zero-order valence-corrected chi connectivity index (χ0v) is 10.9. The maximum Gasteiger partial charge on any atom is 0.149 e.